The molecule has 1 unspecified atom stereocenters. The third-order valence-electron chi connectivity index (χ3n) is 2.93. The van der Waals surface area contributed by atoms with Gasteiger partial charge in [0.1, 0.15) is 0 Å². The maximum Gasteiger partial charge on any atom is 0.218 e. The predicted octanol–water partition coefficient (Wildman–Crippen LogP) is 0.0365. The van der Waals surface area contributed by atoms with Crippen molar-refractivity contribution in [2.75, 3.05) is 39.9 Å². The highest BCUT2D eigenvalue weighted by molar-refractivity contribution is 7.89. The second-order valence-electron chi connectivity index (χ2n) is 4.00. The number of hydrogen-bond donors (Lipinski definition) is 1. The molecule has 1 aliphatic heterocycles. The van der Waals surface area contributed by atoms with Crippen molar-refractivity contribution < 1.29 is 13.2 Å². The van der Waals surface area contributed by atoms with E-state index >= 15 is 0 Å². The normalized spacial score (nSPS) is 22.6. The average molecular weight is 250 g/mol. The maximum absolute atomic E-state index is 12.3. The molecule has 0 saturated carbocycles. The summed E-state index contributed by atoms with van der Waals surface area (Å²) in [5.41, 5.74) is 0. The summed E-state index contributed by atoms with van der Waals surface area (Å²) in [4.78, 5) is 0. The molecule has 0 aromatic rings. The van der Waals surface area contributed by atoms with Crippen molar-refractivity contribution in [1.29, 1.82) is 0 Å². The van der Waals surface area contributed by atoms with E-state index in [0.29, 0.717) is 26.2 Å². The molecule has 1 atom stereocenters. The fourth-order valence-electron chi connectivity index (χ4n) is 1.94. The molecule has 1 rings (SSSR count). The van der Waals surface area contributed by atoms with Gasteiger partial charge in [-0.05, 0) is 19.4 Å². The Labute approximate surface area is 98.2 Å². The van der Waals surface area contributed by atoms with E-state index in [9.17, 15) is 8.42 Å². The SMILES string of the molecule is CCN(CCOC)S(=O)(=O)C1CCCNC1. The number of piperidine rings is 1. The van der Waals surface area contributed by atoms with E-state index in [1.54, 1.807) is 7.11 Å². The lowest BCUT2D eigenvalue weighted by Crippen LogP contribution is -2.47. The lowest BCUT2D eigenvalue weighted by molar-refractivity contribution is 0.180. The number of hydrogen-bond acceptors (Lipinski definition) is 4. The highest BCUT2D eigenvalue weighted by atomic mass is 32.2. The monoisotopic (exact) mass is 250 g/mol. The van der Waals surface area contributed by atoms with Crippen LogP contribution in [0.2, 0.25) is 0 Å². The van der Waals surface area contributed by atoms with Crippen molar-refractivity contribution in [1.82, 2.24) is 9.62 Å². The van der Waals surface area contributed by atoms with E-state index in [0.717, 1.165) is 19.4 Å². The molecule has 1 saturated heterocycles. The van der Waals surface area contributed by atoms with Gasteiger partial charge < -0.3 is 10.1 Å². The number of likely N-dealkylation sites (N-methyl/N-ethyl adjacent to an activating group) is 1. The first-order valence-corrected chi connectivity index (χ1v) is 7.31. The molecule has 1 heterocycles. The maximum atomic E-state index is 12.3. The Morgan fingerprint density at radius 3 is 2.75 bits per heavy atom. The number of methoxy groups -OCH3 is 1. The zero-order chi connectivity index (χ0) is 12.0. The Hall–Kier alpha value is -0.170. The van der Waals surface area contributed by atoms with Gasteiger partial charge in [-0.15, -0.1) is 0 Å². The summed E-state index contributed by atoms with van der Waals surface area (Å²) in [6, 6.07) is 0. The number of rotatable bonds is 6. The Morgan fingerprint density at radius 1 is 1.50 bits per heavy atom. The third-order valence-corrected chi connectivity index (χ3v) is 5.34. The zero-order valence-corrected chi connectivity index (χ0v) is 10.9. The molecule has 1 N–H and O–H groups in total. The minimum Gasteiger partial charge on any atom is -0.383 e. The van der Waals surface area contributed by atoms with Gasteiger partial charge in [0.05, 0.1) is 11.9 Å². The van der Waals surface area contributed by atoms with Crippen molar-refractivity contribution in [3.05, 3.63) is 0 Å². The first-order valence-electron chi connectivity index (χ1n) is 5.81. The van der Waals surface area contributed by atoms with Crippen LogP contribution >= 0.6 is 0 Å². The van der Waals surface area contributed by atoms with E-state index in [-0.39, 0.29) is 5.25 Å². The van der Waals surface area contributed by atoms with Crippen LogP contribution in [0.1, 0.15) is 19.8 Å². The molecular weight excluding hydrogens is 228 g/mol. The van der Waals surface area contributed by atoms with Crippen molar-refractivity contribution in [3.63, 3.8) is 0 Å². The van der Waals surface area contributed by atoms with E-state index in [1.165, 1.54) is 4.31 Å². The number of sulfonamides is 1. The molecule has 1 aliphatic rings. The second kappa shape index (κ2) is 6.54. The first-order chi connectivity index (χ1) is 7.62. The van der Waals surface area contributed by atoms with Crippen LogP contribution in [0.4, 0.5) is 0 Å². The number of nitrogens with zero attached hydrogens (tertiary/aromatic N) is 1. The Morgan fingerprint density at radius 2 is 2.25 bits per heavy atom. The summed E-state index contributed by atoms with van der Waals surface area (Å²) < 4.78 is 31.0. The quantitative estimate of drug-likeness (QED) is 0.723. The molecule has 96 valence electrons. The van der Waals surface area contributed by atoms with Gasteiger partial charge in [0.2, 0.25) is 10.0 Å². The van der Waals surface area contributed by atoms with Crippen LogP contribution in [-0.4, -0.2) is 57.9 Å². The van der Waals surface area contributed by atoms with E-state index in [2.05, 4.69) is 5.32 Å². The summed E-state index contributed by atoms with van der Waals surface area (Å²) in [7, 11) is -1.57. The van der Waals surface area contributed by atoms with Gasteiger partial charge in [-0.25, -0.2) is 8.42 Å². The lowest BCUT2D eigenvalue weighted by atomic mass is 10.2. The van der Waals surface area contributed by atoms with Crippen LogP contribution in [0.5, 0.6) is 0 Å². The first kappa shape index (κ1) is 13.9. The second-order valence-corrected chi connectivity index (χ2v) is 6.21. The highest BCUT2D eigenvalue weighted by Crippen LogP contribution is 2.16. The van der Waals surface area contributed by atoms with Gasteiger partial charge >= 0.3 is 0 Å². The Bertz CT molecular complexity index is 286. The molecule has 0 radical (unpaired) electrons. The molecule has 0 spiro atoms. The summed E-state index contributed by atoms with van der Waals surface area (Å²) in [6.45, 7) is 4.78. The van der Waals surface area contributed by atoms with E-state index in [1.807, 2.05) is 6.92 Å². The van der Waals surface area contributed by atoms with Gasteiger partial charge in [0.15, 0.2) is 0 Å². The van der Waals surface area contributed by atoms with E-state index < -0.39 is 10.0 Å². The Balaban J connectivity index is 2.64. The molecule has 0 aromatic heterocycles. The average Bonchev–Trinajstić information content (AvgIpc) is 2.31. The van der Waals surface area contributed by atoms with Crippen LogP contribution in [0.15, 0.2) is 0 Å². The van der Waals surface area contributed by atoms with Gasteiger partial charge in [0.25, 0.3) is 0 Å². The minimum atomic E-state index is -3.16. The third kappa shape index (κ3) is 3.41. The highest BCUT2D eigenvalue weighted by Gasteiger charge is 2.31. The minimum absolute atomic E-state index is 0.266. The molecule has 5 nitrogen and oxygen atoms in total. The van der Waals surface area contributed by atoms with Crippen LogP contribution < -0.4 is 5.32 Å². The molecule has 0 aromatic carbocycles. The smallest absolute Gasteiger partial charge is 0.218 e. The molecular formula is C10H22N2O3S. The van der Waals surface area contributed by atoms with E-state index in [4.69, 9.17) is 4.74 Å². The van der Waals surface area contributed by atoms with Crippen molar-refractivity contribution in [2.24, 2.45) is 0 Å². The van der Waals surface area contributed by atoms with Gasteiger partial charge in [-0.2, -0.15) is 4.31 Å². The van der Waals surface area contributed by atoms with Gasteiger partial charge in [-0.3, -0.25) is 0 Å². The largest absolute Gasteiger partial charge is 0.383 e. The molecule has 1 fully saturated rings. The summed E-state index contributed by atoms with van der Waals surface area (Å²) in [6.07, 6.45) is 1.70. The van der Waals surface area contributed by atoms with Crippen molar-refractivity contribution >= 4 is 10.0 Å². The number of nitrogens with one attached hydrogen (secondary N) is 1. The fraction of sp³-hybridized carbons (Fsp3) is 1.00. The van der Waals surface area contributed by atoms with Crippen LogP contribution in [0.25, 0.3) is 0 Å². The fourth-order valence-corrected chi connectivity index (χ4v) is 3.85. The predicted molar refractivity (Wildman–Crippen MR) is 63.9 cm³/mol. The Kier molecular flexibility index (Phi) is 5.68. The van der Waals surface area contributed by atoms with Crippen LogP contribution in [0, 0.1) is 0 Å². The van der Waals surface area contributed by atoms with Crippen molar-refractivity contribution in [3.8, 4) is 0 Å². The van der Waals surface area contributed by atoms with Crippen molar-refractivity contribution in [2.45, 2.75) is 25.0 Å². The van der Waals surface area contributed by atoms with Gasteiger partial charge in [-0.1, -0.05) is 6.92 Å². The summed E-state index contributed by atoms with van der Waals surface area (Å²) >= 11 is 0. The molecule has 0 bridgehead atoms. The topological polar surface area (TPSA) is 58.6 Å². The zero-order valence-electron chi connectivity index (χ0n) is 10.1. The molecule has 0 amide bonds. The molecule has 16 heavy (non-hydrogen) atoms. The summed E-state index contributed by atoms with van der Waals surface area (Å²) in [5, 5.41) is 2.87. The van der Waals surface area contributed by atoms with Crippen LogP contribution in [-0.2, 0) is 14.8 Å². The molecule has 0 aliphatic carbocycles. The van der Waals surface area contributed by atoms with Crippen LogP contribution in [0.3, 0.4) is 0 Å². The summed E-state index contributed by atoms with van der Waals surface area (Å²) in [5.74, 6) is 0. The number of ether oxygens (including phenoxy) is 1. The molecule has 6 heteroatoms. The lowest BCUT2D eigenvalue weighted by Gasteiger charge is -2.29. The van der Waals surface area contributed by atoms with Gasteiger partial charge in [0, 0.05) is 26.7 Å². The standard InChI is InChI=1S/C10H22N2O3S/c1-3-12(7-8-15-2)16(13,14)10-5-4-6-11-9-10/h10-11H,3-9H2,1-2H3.